The summed E-state index contributed by atoms with van der Waals surface area (Å²) in [7, 11) is 0. The highest BCUT2D eigenvalue weighted by atomic mass is 35.5. The highest BCUT2D eigenvalue weighted by Gasteiger charge is 2.61. The summed E-state index contributed by atoms with van der Waals surface area (Å²) in [6.45, 7) is 1.77. The molecule has 1 aromatic carbocycles. The van der Waals surface area contributed by atoms with Crippen molar-refractivity contribution in [2.24, 2.45) is 17.8 Å². The zero-order chi connectivity index (χ0) is 18.8. The van der Waals surface area contributed by atoms with Crippen molar-refractivity contribution in [2.75, 3.05) is 26.3 Å². The van der Waals surface area contributed by atoms with E-state index in [1.54, 1.807) is 6.07 Å². The Labute approximate surface area is 159 Å². The molecule has 3 unspecified atom stereocenters. The summed E-state index contributed by atoms with van der Waals surface area (Å²) >= 11 is 6.06. The van der Waals surface area contributed by atoms with Crippen LogP contribution in [-0.4, -0.2) is 58.3 Å². The number of carbonyl (C=O) groups is 2. The number of rotatable bonds is 3. The van der Waals surface area contributed by atoms with Crippen molar-refractivity contribution in [3.05, 3.63) is 29.0 Å². The molecular weight excluding hydrogens is 372 g/mol. The van der Waals surface area contributed by atoms with Gasteiger partial charge in [-0.1, -0.05) is 11.6 Å². The third-order valence-corrected chi connectivity index (χ3v) is 6.28. The average molecular weight is 391 g/mol. The molecule has 2 amide bonds. The maximum atomic E-state index is 12.9. The zero-order valence-corrected chi connectivity index (χ0v) is 15.2. The summed E-state index contributed by atoms with van der Waals surface area (Å²) in [6.07, 6.45) is -0.279. The van der Waals surface area contributed by atoms with E-state index in [1.807, 2.05) is 12.1 Å². The van der Waals surface area contributed by atoms with Gasteiger partial charge in [0.1, 0.15) is 11.4 Å². The first kappa shape index (κ1) is 16.8. The lowest BCUT2D eigenvalue weighted by Crippen LogP contribution is -2.49. The number of benzene rings is 1. The Morgan fingerprint density at radius 3 is 2.81 bits per heavy atom. The molecule has 2 aromatic rings. The lowest BCUT2D eigenvalue weighted by Gasteiger charge is -2.27. The van der Waals surface area contributed by atoms with E-state index in [0.717, 1.165) is 11.0 Å². The molecule has 5 rings (SSSR count). The second-order valence-corrected chi connectivity index (χ2v) is 8.10. The van der Waals surface area contributed by atoms with Gasteiger partial charge < -0.3 is 25.0 Å². The average Bonchev–Trinajstić information content (AvgIpc) is 3.09. The summed E-state index contributed by atoms with van der Waals surface area (Å²) in [6, 6.07) is 5.43. The third kappa shape index (κ3) is 2.66. The standard InChI is InChI=1S/C18H19ClN4O4/c19-9-1-2-12-13(5-9)21-16(20-12)18(3-4-27-8-18)22-15(24)14-10-6-23(17(25)26)7-11(10)14/h1-2,5,10-11,14H,3-4,6-8H2,(H,20,21)(H,22,24)(H,25,26). The van der Waals surface area contributed by atoms with Crippen LogP contribution in [0.25, 0.3) is 11.0 Å². The van der Waals surface area contributed by atoms with Crippen LogP contribution < -0.4 is 5.32 Å². The van der Waals surface area contributed by atoms with E-state index in [2.05, 4.69) is 15.3 Å². The fourth-order valence-corrected chi connectivity index (χ4v) is 4.68. The largest absolute Gasteiger partial charge is 0.465 e. The third-order valence-electron chi connectivity index (χ3n) is 6.05. The molecule has 2 aliphatic heterocycles. The van der Waals surface area contributed by atoms with Gasteiger partial charge in [0.2, 0.25) is 5.91 Å². The molecule has 1 aromatic heterocycles. The quantitative estimate of drug-likeness (QED) is 0.740. The lowest BCUT2D eigenvalue weighted by atomic mass is 9.97. The minimum atomic E-state index is -0.914. The highest BCUT2D eigenvalue weighted by molar-refractivity contribution is 6.31. The van der Waals surface area contributed by atoms with Crippen LogP contribution in [0.15, 0.2) is 18.2 Å². The number of hydrogen-bond donors (Lipinski definition) is 3. The summed E-state index contributed by atoms with van der Waals surface area (Å²) < 4.78 is 5.59. The Morgan fingerprint density at radius 1 is 1.37 bits per heavy atom. The number of imidazole rings is 1. The molecule has 3 heterocycles. The number of piperidine rings is 1. The summed E-state index contributed by atoms with van der Waals surface area (Å²) in [4.78, 5) is 33.3. The van der Waals surface area contributed by atoms with Crippen molar-refractivity contribution in [1.29, 1.82) is 0 Å². The molecule has 142 valence electrons. The summed E-state index contributed by atoms with van der Waals surface area (Å²) in [5.41, 5.74) is 0.917. The number of carbonyl (C=O) groups excluding carboxylic acids is 1. The van der Waals surface area contributed by atoms with Gasteiger partial charge in [-0.3, -0.25) is 4.79 Å². The topological polar surface area (TPSA) is 108 Å². The van der Waals surface area contributed by atoms with Gasteiger partial charge in [-0.15, -0.1) is 0 Å². The summed E-state index contributed by atoms with van der Waals surface area (Å²) in [5, 5.41) is 12.9. The van der Waals surface area contributed by atoms with Crippen LogP contribution in [0.4, 0.5) is 4.79 Å². The van der Waals surface area contributed by atoms with Gasteiger partial charge in [0.15, 0.2) is 0 Å². The number of nitrogens with zero attached hydrogens (tertiary/aromatic N) is 2. The van der Waals surface area contributed by atoms with E-state index in [1.165, 1.54) is 4.90 Å². The smallest absolute Gasteiger partial charge is 0.407 e. The van der Waals surface area contributed by atoms with Crippen molar-refractivity contribution in [3.8, 4) is 0 Å². The van der Waals surface area contributed by atoms with Gasteiger partial charge in [-0.05, 0) is 30.0 Å². The molecule has 3 N–H and O–H groups in total. The van der Waals surface area contributed by atoms with Gasteiger partial charge in [-0.25, -0.2) is 9.78 Å². The molecule has 0 radical (unpaired) electrons. The predicted molar refractivity (Wildman–Crippen MR) is 96.4 cm³/mol. The van der Waals surface area contributed by atoms with Crippen molar-refractivity contribution >= 4 is 34.6 Å². The Bertz CT molecular complexity index is 927. The number of halogens is 1. The molecule has 1 aliphatic carbocycles. The number of aromatic nitrogens is 2. The van der Waals surface area contributed by atoms with Crippen LogP contribution in [0.5, 0.6) is 0 Å². The number of nitrogens with one attached hydrogen (secondary N) is 2. The Kier molecular flexibility index (Phi) is 3.64. The molecule has 0 bridgehead atoms. The number of likely N-dealkylation sites (tertiary alicyclic amines) is 1. The number of fused-ring (bicyclic) bond motifs is 2. The normalized spacial score (nSPS) is 31.9. The van der Waals surface area contributed by atoms with E-state index in [0.29, 0.717) is 43.6 Å². The fourth-order valence-electron chi connectivity index (χ4n) is 4.51. The van der Waals surface area contributed by atoms with Crippen LogP contribution in [-0.2, 0) is 15.1 Å². The van der Waals surface area contributed by atoms with Gasteiger partial charge in [0.05, 0.1) is 17.6 Å². The van der Waals surface area contributed by atoms with Crippen LogP contribution >= 0.6 is 11.6 Å². The fraction of sp³-hybridized carbons (Fsp3) is 0.500. The molecule has 1 saturated carbocycles. The minimum absolute atomic E-state index is 0.0426. The maximum Gasteiger partial charge on any atom is 0.407 e. The second-order valence-electron chi connectivity index (χ2n) is 7.66. The van der Waals surface area contributed by atoms with Crippen LogP contribution in [0.2, 0.25) is 5.02 Å². The molecule has 0 spiro atoms. The molecule has 9 heteroatoms. The first-order chi connectivity index (χ1) is 13.0. The predicted octanol–water partition coefficient (Wildman–Crippen LogP) is 1.80. The number of hydrogen-bond acceptors (Lipinski definition) is 4. The number of ether oxygens (including phenoxy) is 1. The lowest BCUT2D eigenvalue weighted by molar-refractivity contribution is -0.125. The van der Waals surface area contributed by atoms with Crippen LogP contribution in [0.3, 0.4) is 0 Å². The molecule has 3 fully saturated rings. The highest BCUT2D eigenvalue weighted by Crippen LogP contribution is 2.52. The van der Waals surface area contributed by atoms with Gasteiger partial charge >= 0.3 is 6.09 Å². The Morgan fingerprint density at radius 2 is 2.15 bits per heavy atom. The van der Waals surface area contributed by atoms with Crippen LogP contribution in [0.1, 0.15) is 12.2 Å². The van der Waals surface area contributed by atoms with Crippen LogP contribution in [0, 0.1) is 17.8 Å². The van der Waals surface area contributed by atoms with E-state index in [-0.39, 0.29) is 23.7 Å². The molecule has 27 heavy (non-hydrogen) atoms. The van der Waals surface area contributed by atoms with Crippen molar-refractivity contribution in [1.82, 2.24) is 20.2 Å². The molecule has 3 aliphatic rings. The first-order valence-corrected chi connectivity index (χ1v) is 9.38. The molecule has 2 saturated heterocycles. The number of amides is 2. The van der Waals surface area contributed by atoms with E-state index < -0.39 is 11.6 Å². The Hall–Kier alpha value is -2.32. The van der Waals surface area contributed by atoms with Crippen molar-refractivity contribution < 1.29 is 19.4 Å². The maximum absolute atomic E-state index is 12.9. The van der Waals surface area contributed by atoms with Gasteiger partial charge in [0, 0.05) is 37.1 Å². The number of H-pyrrole nitrogens is 1. The monoisotopic (exact) mass is 390 g/mol. The zero-order valence-electron chi connectivity index (χ0n) is 14.4. The van der Waals surface area contributed by atoms with Gasteiger partial charge in [-0.2, -0.15) is 0 Å². The van der Waals surface area contributed by atoms with E-state index in [4.69, 9.17) is 21.4 Å². The van der Waals surface area contributed by atoms with Gasteiger partial charge in [0.25, 0.3) is 0 Å². The number of aromatic amines is 1. The van der Waals surface area contributed by atoms with E-state index in [9.17, 15) is 9.59 Å². The molecule has 8 nitrogen and oxygen atoms in total. The Balaban J connectivity index is 1.37. The summed E-state index contributed by atoms with van der Waals surface area (Å²) in [5.74, 6) is 0.740. The minimum Gasteiger partial charge on any atom is -0.465 e. The second kappa shape index (κ2) is 5.84. The number of carboxylic acid groups (broad SMARTS) is 1. The van der Waals surface area contributed by atoms with Crippen molar-refractivity contribution in [2.45, 2.75) is 12.0 Å². The SMILES string of the molecule is O=C(NC1(c2nc3ccc(Cl)cc3[nH]2)CCOC1)C1C2CN(C(=O)O)CC21. The van der Waals surface area contributed by atoms with E-state index >= 15 is 0 Å². The molecular formula is C18H19ClN4O4. The first-order valence-electron chi connectivity index (χ1n) is 9.00. The van der Waals surface area contributed by atoms with Crippen molar-refractivity contribution in [3.63, 3.8) is 0 Å². The molecule has 3 atom stereocenters.